The molecular weight excluding hydrogens is 248 g/mol. The Morgan fingerprint density at radius 3 is 2.42 bits per heavy atom. The van der Waals surface area contributed by atoms with Crippen LogP contribution in [0.3, 0.4) is 0 Å². The van der Waals surface area contributed by atoms with Gasteiger partial charge in [-0.1, -0.05) is 0 Å². The molecule has 0 aromatic carbocycles. The smallest absolute Gasteiger partial charge is 0.251 e. The molecule has 0 spiro atoms. The van der Waals surface area contributed by atoms with Crippen molar-refractivity contribution in [3.05, 3.63) is 11.4 Å². The average molecular weight is 264 g/mol. The maximum atomic E-state index is 11.8. The monoisotopic (exact) mass is 264 g/mol. The van der Waals surface area contributed by atoms with Gasteiger partial charge in [0.1, 0.15) is 23.5 Å². The molecule has 0 radical (unpaired) electrons. The number of aryl methyl sites for hydroxylation is 1. The number of likely N-dealkylation sites (N-methyl/N-ethyl adjacent to an activating group) is 1. The van der Waals surface area contributed by atoms with Gasteiger partial charge in [0.2, 0.25) is 5.91 Å². The van der Waals surface area contributed by atoms with Crippen LogP contribution in [-0.2, 0) is 9.59 Å². The SMILES string of the molecule is Cc1nc(NN)c(C)c(NC2CC(=O)N(C)C2=O)n1. The van der Waals surface area contributed by atoms with E-state index in [1.165, 1.54) is 7.05 Å². The standard InChI is InChI=1S/C11H16N6O2/c1-5-9(13-6(2)14-10(5)16-12)15-7-4-8(18)17(3)11(7)19/h7H,4,12H2,1-3H3,(H2,13,14,15,16). The fourth-order valence-corrected chi connectivity index (χ4v) is 1.94. The molecule has 2 amide bonds. The van der Waals surface area contributed by atoms with Crippen molar-refractivity contribution >= 4 is 23.5 Å². The quantitative estimate of drug-likeness (QED) is 0.385. The van der Waals surface area contributed by atoms with E-state index in [-0.39, 0.29) is 18.2 Å². The zero-order valence-electron chi connectivity index (χ0n) is 11.0. The third-order valence-electron chi connectivity index (χ3n) is 3.09. The zero-order valence-corrected chi connectivity index (χ0v) is 11.0. The van der Waals surface area contributed by atoms with Crippen LogP contribution < -0.4 is 16.6 Å². The van der Waals surface area contributed by atoms with E-state index in [9.17, 15) is 9.59 Å². The van der Waals surface area contributed by atoms with E-state index in [1.54, 1.807) is 13.8 Å². The molecule has 8 nitrogen and oxygen atoms in total. The molecular formula is C11H16N6O2. The minimum absolute atomic E-state index is 0.128. The summed E-state index contributed by atoms with van der Waals surface area (Å²) in [7, 11) is 1.47. The third-order valence-corrected chi connectivity index (χ3v) is 3.09. The maximum absolute atomic E-state index is 11.8. The average Bonchev–Trinajstić information content (AvgIpc) is 2.61. The van der Waals surface area contributed by atoms with Crippen LogP contribution in [0.2, 0.25) is 0 Å². The number of rotatable bonds is 3. The number of amides is 2. The van der Waals surface area contributed by atoms with E-state index in [1.807, 2.05) is 0 Å². The Balaban J connectivity index is 2.27. The van der Waals surface area contributed by atoms with Crippen molar-refractivity contribution in [1.82, 2.24) is 14.9 Å². The van der Waals surface area contributed by atoms with Gasteiger partial charge in [-0.2, -0.15) is 0 Å². The van der Waals surface area contributed by atoms with E-state index in [2.05, 4.69) is 20.7 Å². The number of nitrogens with one attached hydrogen (secondary N) is 2. The highest BCUT2D eigenvalue weighted by Crippen LogP contribution is 2.22. The zero-order chi connectivity index (χ0) is 14.2. The molecule has 1 atom stereocenters. The van der Waals surface area contributed by atoms with Crippen LogP contribution in [-0.4, -0.2) is 39.8 Å². The van der Waals surface area contributed by atoms with Crippen molar-refractivity contribution in [2.45, 2.75) is 26.3 Å². The van der Waals surface area contributed by atoms with Gasteiger partial charge in [0.25, 0.3) is 5.91 Å². The van der Waals surface area contributed by atoms with Crippen molar-refractivity contribution in [1.29, 1.82) is 0 Å². The Morgan fingerprint density at radius 2 is 1.89 bits per heavy atom. The predicted molar refractivity (Wildman–Crippen MR) is 69.1 cm³/mol. The highest BCUT2D eigenvalue weighted by molar-refractivity contribution is 6.06. The van der Waals surface area contributed by atoms with Gasteiger partial charge < -0.3 is 10.7 Å². The summed E-state index contributed by atoms with van der Waals surface area (Å²) < 4.78 is 0. The van der Waals surface area contributed by atoms with Crippen molar-refractivity contribution < 1.29 is 9.59 Å². The lowest BCUT2D eigenvalue weighted by molar-refractivity contribution is -0.136. The van der Waals surface area contributed by atoms with Crippen LogP contribution in [0, 0.1) is 13.8 Å². The Kier molecular flexibility index (Phi) is 3.34. The molecule has 19 heavy (non-hydrogen) atoms. The molecule has 2 rings (SSSR count). The van der Waals surface area contributed by atoms with Crippen molar-refractivity contribution in [3.8, 4) is 0 Å². The Hall–Kier alpha value is -2.22. The minimum atomic E-state index is -0.587. The molecule has 1 aliphatic heterocycles. The number of nitrogens with two attached hydrogens (primary N) is 1. The first-order chi connectivity index (χ1) is 8.93. The minimum Gasteiger partial charge on any atom is -0.358 e. The second-order valence-corrected chi connectivity index (χ2v) is 4.43. The summed E-state index contributed by atoms with van der Waals surface area (Å²) in [5.41, 5.74) is 3.17. The van der Waals surface area contributed by atoms with Gasteiger partial charge in [-0.25, -0.2) is 15.8 Å². The maximum Gasteiger partial charge on any atom is 0.251 e. The van der Waals surface area contributed by atoms with E-state index < -0.39 is 6.04 Å². The van der Waals surface area contributed by atoms with Gasteiger partial charge in [-0.3, -0.25) is 14.5 Å². The fourth-order valence-electron chi connectivity index (χ4n) is 1.94. The van der Waals surface area contributed by atoms with Crippen LogP contribution in [0.25, 0.3) is 0 Å². The van der Waals surface area contributed by atoms with Crippen molar-refractivity contribution in [3.63, 3.8) is 0 Å². The van der Waals surface area contributed by atoms with Gasteiger partial charge >= 0.3 is 0 Å². The summed E-state index contributed by atoms with van der Waals surface area (Å²) in [6, 6.07) is -0.587. The molecule has 0 bridgehead atoms. The number of likely N-dealkylation sites (tertiary alicyclic amines) is 1. The molecule has 1 aromatic rings. The number of imide groups is 1. The fraction of sp³-hybridized carbons (Fsp3) is 0.455. The summed E-state index contributed by atoms with van der Waals surface area (Å²) >= 11 is 0. The topological polar surface area (TPSA) is 113 Å². The summed E-state index contributed by atoms with van der Waals surface area (Å²) in [6.07, 6.45) is 0.128. The number of carbonyl (C=O) groups is 2. The molecule has 0 aliphatic carbocycles. The summed E-state index contributed by atoms with van der Waals surface area (Å²) in [6.45, 7) is 3.50. The Bertz CT molecular complexity index is 544. The van der Waals surface area contributed by atoms with Crippen molar-refractivity contribution in [2.24, 2.45) is 5.84 Å². The van der Waals surface area contributed by atoms with Crippen molar-refractivity contribution in [2.75, 3.05) is 17.8 Å². The van der Waals surface area contributed by atoms with Crippen LogP contribution in [0.15, 0.2) is 0 Å². The molecule has 1 aromatic heterocycles. The number of nitrogen functional groups attached to an aromatic ring is 1. The number of carbonyl (C=O) groups excluding carboxylic acids is 2. The molecule has 1 aliphatic rings. The number of hydrogen-bond donors (Lipinski definition) is 3. The first kappa shape index (κ1) is 13.2. The second-order valence-electron chi connectivity index (χ2n) is 4.43. The highest BCUT2D eigenvalue weighted by atomic mass is 16.2. The van der Waals surface area contributed by atoms with Crippen LogP contribution in [0.4, 0.5) is 11.6 Å². The summed E-state index contributed by atoms with van der Waals surface area (Å²) in [5.74, 6) is 6.41. The van der Waals surface area contributed by atoms with Crippen LogP contribution in [0.5, 0.6) is 0 Å². The molecule has 0 saturated carbocycles. The predicted octanol–water partition coefficient (Wildman–Crippen LogP) is -0.452. The van der Waals surface area contributed by atoms with E-state index in [0.29, 0.717) is 23.0 Å². The Morgan fingerprint density at radius 1 is 1.26 bits per heavy atom. The first-order valence-corrected chi connectivity index (χ1v) is 5.82. The third kappa shape index (κ3) is 2.34. The number of hydrogen-bond acceptors (Lipinski definition) is 7. The van der Waals surface area contributed by atoms with Crippen LogP contribution in [0.1, 0.15) is 17.8 Å². The lowest BCUT2D eigenvalue weighted by Crippen LogP contribution is -2.32. The van der Waals surface area contributed by atoms with E-state index >= 15 is 0 Å². The lowest BCUT2D eigenvalue weighted by atomic mass is 10.2. The summed E-state index contributed by atoms with van der Waals surface area (Å²) in [5, 5.41) is 2.98. The molecule has 1 unspecified atom stereocenters. The van der Waals surface area contributed by atoms with Gasteiger partial charge in [-0.15, -0.1) is 0 Å². The van der Waals surface area contributed by atoms with Gasteiger partial charge in [-0.05, 0) is 13.8 Å². The van der Waals surface area contributed by atoms with Gasteiger partial charge in [0.05, 0.1) is 6.42 Å². The second kappa shape index (κ2) is 4.81. The van der Waals surface area contributed by atoms with Gasteiger partial charge in [0.15, 0.2) is 0 Å². The lowest BCUT2D eigenvalue weighted by Gasteiger charge is -2.15. The van der Waals surface area contributed by atoms with Gasteiger partial charge in [0, 0.05) is 12.6 Å². The molecule has 4 N–H and O–H groups in total. The summed E-state index contributed by atoms with van der Waals surface area (Å²) in [4.78, 5) is 32.8. The highest BCUT2D eigenvalue weighted by Gasteiger charge is 2.36. The largest absolute Gasteiger partial charge is 0.358 e. The molecule has 102 valence electrons. The molecule has 2 heterocycles. The molecule has 8 heteroatoms. The molecule has 1 fully saturated rings. The van der Waals surface area contributed by atoms with Crippen LogP contribution >= 0.6 is 0 Å². The molecule has 1 saturated heterocycles. The van der Waals surface area contributed by atoms with E-state index in [0.717, 1.165) is 4.90 Å². The van der Waals surface area contributed by atoms with E-state index in [4.69, 9.17) is 5.84 Å². The number of nitrogens with zero attached hydrogens (tertiary/aromatic N) is 3. The number of aromatic nitrogens is 2. The number of hydrazine groups is 1. The first-order valence-electron chi connectivity index (χ1n) is 5.82. The normalized spacial score (nSPS) is 18.9. The number of anilines is 2. The Labute approximate surface area is 110 Å².